The highest BCUT2D eigenvalue weighted by molar-refractivity contribution is 6.03. The number of anilines is 3. The van der Waals surface area contributed by atoms with Crippen LogP contribution in [0.4, 0.5) is 26.4 Å². The first-order valence-corrected chi connectivity index (χ1v) is 10.2. The van der Waals surface area contributed by atoms with Gasteiger partial charge in [0, 0.05) is 68.1 Å². The maximum Gasteiger partial charge on any atom is 0.327 e. The van der Waals surface area contributed by atoms with Gasteiger partial charge in [-0.1, -0.05) is 0 Å². The van der Waals surface area contributed by atoms with Crippen LogP contribution in [0.3, 0.4) is 0 Å². The van der Waals surface area contributed by atoms with Crippen molar-refractivity contribution in [2.45, 2.75) is 20.3 Å². The molecule has 5 rings (SSSR count). The lowest BCUT2D eigenvalue weighted by Gasteiger charge is -2.31. The summed E-state index contributed by atoms with van der Waals surface area (Å²) in [6.07, 6.45) is 4.15. The van der Waals surface area contributed by atoms with E-state index in [1.54, 1.807) is 28.6 Å². The highest BCUT2D eigenvalue weighted by Gasteiger charge is 2.30. The molecule has 0 aromatic carbocycles. The second-order valence-corrected chi connectivity index (χ2v) is 7.84. The largest absolute Gasteiger partial charge is 0.369 e. The molecule has 8 nitrogen and oxygen atoms in total. The molecule has 0 spiro atoms. The maximum atomic E-state index is 14.4. The Labute approximate surface area is 173 Å². The standard InChI is InChI=1S/C21H24FN7O/c1-13-9-18(27-7-4-23-5-8-27)16-3-6-29(19(16)24-13)21(30)26-15-10-17(22)20-25-14(2)11-28(20)12-15/h9-12,23H,3-8H2,1-2H3,(H,26,30). The number of aryl methyl sites for hydroxylation is 2. The normalized spacial score (nSPS) is 16.2. The third-order valence-electron chi connectivity index (χ3n) is 5.63. The molecule has 0 radical (unpaired) electrons. The Kier molecular flexibility index (Phi) is 4.54. The van der Waals surface area contributed by atoms with Crippen molar-refractivity contribution in [3.63, 3.8) is 0 Å². The van der Waals surface area contributed by atoms with Crippen LogP contribution in [0.5, 0.6) is 0 Å². The molecular weight excluding hydrogens is 385 g/mol. The summed E-state index contributed by atoms with van der Waals surface area (Å²) < 4.78 is 16.0. The van der Waals surface area contributed by atoms with Gasteiger partial charge in [-0.25, -0.2) is 19.2 Å². The fourth-order valence-electron chi connectivity index (χ4n) is 4.28. The molecule has 3 aromatic rings. The van der Waals surface area contributed by atoms with Gasteiger partial charge in [0.15, 0.2) is 11.5 Å². The first-order chi connectivity index (χ1) is 14.5. The summed E-state index contributed by atoms with van der Waals surface area (Å²) in [5.41, 5.74) is 4.48. The molecule has 0 atom stereocenters. The van der Waals surface area contributed by atoms with E-state index in [1.165, 1.54) is 6.07 Å². The lowest BCUT2D eigenvalue weighted by atomic mass is 10.1. The minimum atomic E-state index is -0.474. The Morgan fingerprint density at radius 3 is 2.70 bits per heavy atom. The Hall–Kier alpha value is -3.20. The quantitative estimate of drug-likeness (QED) is 0.680. The minimum absolute atomic E-state index is 0.245. The Morgan fingerprint density at radius 2 is 1.90 bits per heavy atom. The summed E-state index contributed by atoms with van der Waals surface area (Å²) in [5.74, 6) is 0.221. The van der Waals surface area contributed by atoms with Crippen LogP contribution in [0.2, 0.25) is 0 Å². The molecule has 2 aliphatic rings. The fraction of sp³-hybridized carbons (Fsp3) is 0.381. The van der Waals surface area contributed by atoms with Crippen LogP contribution >= 0.6 is 0 Å². The summed E-state index contributed by atoms with van der Waals surface area (Å²) in [6, 6.07) is 3.09. The second-order valence-electron chi connectivity index (χ2n) is 7.84. The van der Waals surface area contributed by atoms with E-state index >= 15 is 0 Å². The number of nitrogens with one attached hydrogen (secondary N) is 2. The molecule has 9 heteroatoms. The van der Waals surface area contributed by atoms with Crippen molar-refractivity contribution in [1.82, 2.24) is 19.7 Å². The van der Waals surface area contributed by atoms with Crippen LogP contribution in [0.1, 0.15) is 17.0 Å². The van der Waals surface area contributed by atoms with E-state index in [1.807, 2.05) is 6.92 Å². The number of amides is 2. The predicted molar refractivity (Wildman–Crippen MR) is 114 cm³/mol. The predicted octanol–water partition coefficient (Wildman–Crippen LogP) is 2.49. The molecule has 1 fully saturated rings. The average molecular weight is 409 g/mol. The number of carbonyl (C=O) groups excluding carboxylic acids is 1. The van der Waals surface area contributed by atoms with E-state index in [2.05, 4.69) is 31.6 Å². The number of hydrogen-bond donors (Lipinski definition) is 2. The Bertz CT molecular complexity index is 1140. The van der Waals surface area contributed by atoms with Crippen molar-refractivity contribution in [2.24, 2.45) is 0 Å². The number of aromatic nitrogens is 3. The molecule has 3 aromatic heterocycles. The van der Waals surface area contributed by atoms with Crippen molar-refractivity contribution in [2.75, 3.05) is 47.8 Å². The van der Waals surface area contributed by atoms with Crippen LogP contribution in [0.15, 0.2) is 24.5 Å². The molecule has 0 aliphatic carbocycles. The van der Waals surface area contributed by atoms with E-state index in [-0.39, 0.29) is 11.7 Å². The maximum absolute atomic E-state index is 14.4. The van der Waals surface area contributed by atoms with Gasteiger partial charge in [0.05, 0.1) is 11.4 Å². The van der Waals surface area contributed by atoms with Gasteiger partial charge in [-0.3, -0.25) is 4.90 Å². The Balaban J connectivity index is 1.43. The van der Waals surface area contributed by atoms with Gasteiger partial charge < -0.3 is 19.9 Å². The number of hydrogen-bond acceptors (Lipinski definition) is 5. The molecule has 2 N–H and O–H groups in total. The van der Waals surface area contributed by atoms with Crippen LogP contribution in [-0.4, -0.2) is 53.1 Å². The number of fused-ring (bicyclic) bond motifs is 2. The molecule has 2 aliphatic heterocycles. The van der Waals surface area contributed by atoms with Crippen LogP contribution in [-0.2, 0) is 6.42 Å². The molecule has 156 valence electrons. The van der Waals surface area contributed by atoms with Crippen molar-refractivity contribution in [1.29, 1.82) is 0 Å². The van der Waals surface area contributed by atoms with Gasteiger partial charge in [0.25, 0.3) is 0 Å². The fourth-order valence-corrected chi connectivity index (χ4v) is 4.28. The van der Waals surface area contributed by atoms with Crippen LogP contribution < -0.4 is 20.4 Å². The van der Waals surface area contributed by atoms with Gasteiger partial charge in [0.1, 0.15) is 5.82 Å². The lowest BCUT2D eigenvalue weighted by molar-refractivity contribution is 0.257. The van der Waals surface area contributed by atoms with E-state index in [9.17, 15) is 9.18 Å². The van der Waals surface area contributed by atoms with E-state index in [0.29, 0.717) is 23.7 Å². The van der Waals surface area contributed by atoms with E-state index < -0.39 is 5.82 Å². The number of urea groups is 1. The number of imidazole rings is 1. The highest BCUT2D eigenvalue weighted by Crippen LogP contribution is 2.35. The van der Waals surface area contributed by atoms with Gasteiger partial charge >= 0.3 is 6.03 Å². The summed E-state index contributed by atoms with van der Waals surface area (Å²) in [4.78, 5) is 25.8. The molecule has 30 heavy (non-hydrogen) atoms. The van der Waals surface area contributed by atoms with E-state index in [0.717, 1.165) is 49.5 Å². The number of piperazine rings is 1. The third kappa shape index (κ3) is 3.24. The van der Waals surface area contributed by atoms with E-state index in [4.69, 9.17) is 0 Å². The molecule has 1 saturated heterocycles. The summed E-state index contributed by atoms with van der Waals surface area (Å²) in [6.45, 7) is 8.06. The van der Waals surface area contributed by atoms with Crippen molar-refractivity contribution in [3.8, 4) is 0 Å². The lowest BCUT2D eigenvalue weighted by Crippen LogP contribution is -2.44. The molecule has 0 unspecified atom stereocenters. The molecule has 5 heterocycles. The smallest absolute Gasteiger partial charge is 0.327 e. The monoisotopic (exact) mass is 409 g/mol. The zero-order chi connectivity index (χ0) is 20.8. The second kappa shape index (κ2) is 7.24. The third-order valence-corrected chi connectivity index (χ3v) is 5.63. The molecule has 0 bridgehead atoms. The molecule has 2 amide bonds. The number of pyridine rings is 2. The number of nitrogens with zero attached hydrogens (tertiary/aromatic N) is 5. The highest BCUT2D eigenvalue weighted by atomic mass is 19.1. The molecule has 0 saturated carbocycles. The Morgan fingerprint density at radius 1 is 1.10 bits per heavy atom. The van der Waals surface area contributed by atoms with Crippen molar-refractivity contribution >= 4 is 28.9 Å². The van der Waals surface area contributed by atoms with Gasteiger partial charge in [-0.05, 0) is 26.3 Å². The van der Waals surface area contributed by atoms with Crippen molar-refractivity contribution < 1.29 is 9.18 Å². The number of halogens is 1. The summed E-state index contributed by atoms with van der Waals surface area (Å²) in [7, 11) is 0. The zero-order valence-electron chi connectivity index (χ0n) is 17.1. The summed E-state index contributed by atoms with van der Waals surface area (Å²) in [5, 5.41) is 6.19. The topological polar surface area (TPSA) is 77.8 Å². The number of carbonyl (C=O) groups is 1. The zero-order valence-corrected chi connectivity index (χ0v) is 17.1. The van der Waals surface area contributed by atoms with Crippen LogP contribution in [0.25, 0.3) is 5.65 Å². The van der Waals surface area contributed by atoms with Crippen molar-refractivity contribution in [3.05, 3.63) is 47.3 Å². The number of rotatable bonds is 2. The first kappa shape index (κ1) is 18.8. The first-order valence-electron chi connectivity index (χ1n) is 10.2. The minimum Gasteiger partial charge on any atom is -0.369 e. The van der Waals surface area contributed by atoms with Crippen LogP contribution in [0, 0.1) is 19.7 Å². The van der Waals surface area contributed by atoms with Gasteiger partial charge in [0.2, 0.25) is 0 Å². The van der Waals surface area contributed by atoms with Gasteiger partial charge in [-0.2, -0.15) is 0 Å². The molecular formula is C21H24FN7O. The average Bonchev–Trinajstić information content (AvgIpc) is 3.31. The van der Waals surface area contributed by atoms with Gasteiger partial charge in [-0.15, -0.1) is 0 Å². The summed E-state index contributed by atoms with van der Waals surface area (Å²) >= 11 is 0. The SMILES string of the molecule is Cc1cc(N2CCNCC2)c2c(n1)N(C(=O)Nc1cc(F)c3nc(C)cn3c1)CC2.